The van der Waals surface area contributed by atoms with Crippen molar-refractivity contribution in [2.45, 2.75) is 19.9 Å². The Labute approximate surface area is 129 Å². The summed E-state index contributed by atoms with van der Waals surface area (Å²) in [5.74, 6) is 0.0329. The van der Waals surface area contributed by atoms with Crippen LogP contribution in [0.5, 0.6) is 5.75 Å². The number of pyridine rings is 1. The van der Waals surface area contributed by atoms with Gasteiger partial charge in [0, 0.05) is 18.9 Å². The third-order valence-electron chi connectivity index (χ3n) is 3.42. The van der Waals surface area contributed by atoms with Gasteiger partial charge in [-0.2, -0.15) is 0 Å². The van der Waals surface area contributed by atoms with E-state index in [1.54, 1.807) is 35.4 Å². The molecule has 2 aromatic rings. The summed E-state index contributed by atoms with van der Waals surface area (Å²) in [5, 5.41) is 9.92. The van der Waals surface area contributed by atoms with E-state index >= 15 is 0 Å². The number of carbonyl (C=O) groups excluding carboxylic acids is 1. The molecule has 0 aliphatic heterocycles. The van der Waals surface area contributed by atoms with Gasteiger partial charge in [-0.1, -0.05) is 23.7 Å². The summed E-state index contributed by atoms with van der Waals surface area (Å²) in [4.78, 5) is 18.2. The van der Waals surface area contributed by atoms with Gasteiger partial charge in [0.25, 0.3) is 5.91 Å². The van der Waals surface area contributed by atoms with Gasteiger partial charge in [0.2, 0.25) is 0 Å². The number of aromatic nitrogens is 1. The molecular formula is C16H17ClN2O2. The molecule has 0 radical (unpaired) electrons. The van der Waals surface area contributed by atoms with Gasteiger partial charge in [0.1, 0.15) is 5.75 Å². The van der Waals surface area contributed by atoms with Crippen LogP contribution >= 0.6 is 11.6 Å². The Hall–Kier alpha value is -2.07. The van der Waals surface area contributed by atoms with Crippen LogP contribution in [0.15, 0.2) is 42.7 Å². The lowest BCUT2D eigenvalue weighted by molar-refractivity contribution is 0.0702. The summed E-state index contributed by atoms with van der Waals surface area (Å²) in [6.07, 6.45) is 3.01. The molecule has 0 saturated carbocycles. The van der Waals surface area contributed by atoms with Gasteiger partial charge in [-0.05, 0) is 37.6 Å². The Morgan fingerprint density at radius 2 is 2.19 bits per heavy atom. The number of hydrogen-bond donors (Lipinski definition) is 1. The van der Waals surface area contributed by atoms with E-state index in [4.69, 9.17) is 11.6 Å². The van der Waals surface area contributed by atoms with Gasteiger partial charge in [-0.3, -0.25) is 9.78 Å². The van der Waals surface area contributed by atoms with Crippen LogP contribution in [0, 0.1) is 0 Å². The molecule has 1 N–H and O–H groups in total. The number of phenolic OH excluding ortho intramolecular Hbond substituents is 1. The Balaban J connectivity index is 2.31. The summed E-state index contributed by atoms with van der Waals surface area (Å²) in [7, 11) is 0. The molecule has 0 saturated heterocycles. The maximum atomic E-state index is 12.6. The molecule has 1 aromatic carbocycles. The van der Waals surface area contributed by atoms with E-state index in [1.165, 1.54) is 6.20 Å². The fourth-order valence-corrected chi connectivity index (χ4v) is 2.46. The first-order valence-corrected chi connectivity index (χ1v) is 7.11. The highest BCUT2D eigenvalue weighted by atomic mass is 35.5. The summed E-state index contributed by atoms with van der Waals surface area (Å²) in [5.41, 5.74) is 1.30. The first kappa shape index (κ1) is 15.3. The van der Waals surface area contributed by atoms with E-state index in [0.29, 0.717) is 17.1 Å². The third-order valence-corrected chi connectivity index (χ3v) is 3.73. The van der Waals surface area contributed by atoms with Crippen LogP contribution in [0.25, 0.3) is 0 Å². The molecule has 1 heterocycles. The van der Waals surface area contributed by atoms with Gasteiger partial charge in [0.05, 0.1) is 16.6 Å². The van der Waals surface area contributed by atoms with Crippen LogP contribution in [-0.4, -0.2) is 27.4 Å². The number of benzene rings is 1. The summed E-state index contributed by atoms with van der Waals surface area (Å²) >= 11 is 6.05. The zero-order valence-electron chi connectivity index (χ0n) is 12.0. The molecule has 0 spiro atoms. The predicted molar refractivity (Wildman–Crippen MR) is 82.5 cm³/mol. The van der Waals surface area contributed by atoms with Crippen LogP contribution in [-0.2, 0) is 0 Å². The molecule has 110 valence electrons. The van der Waals surface area contributed by atoms with Crippen molar-refractivity contribution in [3.8, 4) is 5.75 Å². The van der Waals surface area contributed by atoms with Gasteiger partial charge in [-0.25, -0.2) is 0 Å². The average molecular weight is 305 g/mol. The molecule has 0 fully saturated rings. The molecule has 5 heteroatoms. The van der Waals surface area contributed by atoms with Gasteiger partial charge >= 0.3 is 0 Å². The van der Waals surface area contributed by atoms with Crippen LogP contribution in [0.2, 0.25) is 5.02 Å². The molecule has 0 bridgehead atoms. The van der Waals surface area contributed by atoms with Crippen molar-refractivity contribution in [1.29, 1.82) is 0 Å². The molecule has 1 amide bonds. The number of phenols is 1. The van der Waals surface area contributed by atoms with Crippen LogP contribution in [0.1, 0.15) is 35.8 Å². The molecule has 1 unspecified atom stereocenters. The second-order valence-corrected chi connectivity index (χ2v) is 5.12. The van der Waals surface area contributed by atoms with E-state index in [9.17, 15) is 9.90 Å². The van der Waals surface area contributed by atoms with Gasteiger partial charge in [0.15, 0.2) is 0 Å². The maximum Gasteiger partial charge on any atom is 0.255 e. The normalized spacial score (nSPS) is 12.0. The van der Waals surface area contributed by atoms with Crippen molar-refractivity contribution < 1.29 is 9.90 Å². The molecule has 1 atom stereocenters. The predicted octanol–water partition coefficient (Wildman–Crippen LogP) is 3.66. The molecule has 4 nitrogen and oxygen atoms in total. The van der Waals surface area contributed by atoms with E-state index < -0.39 is 0 Å². The van der Waals surface area contributed by atoms with Crippen molar-refractivity contribution in [1.82, 2.24) is 9.88 Å². The van der Waals surface area contributed by atoms with Crippen molar-refractivity contribution in [3.63, 3.8) is 0 Å². The summed E-state index contributed by atoms with van der Waals surface area (Å²) in [6, 6.07) is 8.36. The lowest BCUT2D eigenvalue weighted by Crippen LogP contribution is -2.33. The molecule has 1 aromatic heterocycles. The van der Waals surface area contributed by atoms with E-state index in [2.05, 4.69) is 4.98 Å². The van der Waals surface area contributed by atoms with Gasteiger partial charge < -0.3 is 10.0 Å². The van der Waals surface area contributed by atoms with E-state index in [1.807, 2.05) is 19.9 Å². The SMILES string of the molecule is CCN(C(=O)c1ccncc1Cl)C(C)c1cccc(O)c1. The zero-order chi connectivity index (χ0) is 15.4. The van der Waals surface area contributed by atoms with Crippen molar-refractivity contribution in [3.05, 3.63) is 58.9 Å². The van der Waals surface area contributed by atoms with Gasteiger partial charge in [-0.15, -0.1) is 0 Å². The largest absolute Gasteiger partial charge is 0.508 e. The highest BCUT2D eigenvalue weighted by Crippen LogP contribution is 2.26. The minimum absolute atomic E-state index is 0.152. The number of hydrogen-bond acceptors (Lipinski definition) is 3. The monoisotopic (exact) mass is 304 g/mol. The van der Waals surface area contributed by atoms with Crippen molar-refractivity contribution in [2.75, 3.05) is 6.54 Å². The van der Waals surface area contributed by atoms with Crippen LogP contribution in [0.4, 0.5) is 0 Å². The number of carbonyl (C=O) groups is 1. The maximum absolute atomic E-state index is 12.6. The Morgan fingerprint density at radius 3 is 2.81 bits per heavy atom. The first-order valence-electron chi connectivity index (χ1n) is 6.74. The average Bonchev–Trinajstić information content (AvgIpc) is 2.48. The highest BCUT2D eigenvalue weighted by molar-refractivity contribution is 6.33. The molecular weight excluding hydrogens is 288 g/mol. The quantitative estimate of drug-likeness (QED) is 0.937. The van der Waals surface area contributed by atoms with E-state index in [-0.39, 0.29) is 17.7 Å². The standard InChI is InChI=1S/C16H17ClN2O2/c1-3-19(11(2)12-5-4-6-13(20)9-12)16(21)14-7-8-18-10-15(14)17/h4-11,20H,3H2,1-2H3. The molecule has 21 heavy (non-hydrogen) atoms. The molecule has 2 rings (SSSR count). The lowest BCUT2D eigenvalue weighted by Gasteiger charge is -2.29. The minimum Gasteiger partial charge on any atom is -0.508 e. The third kappa shape index (κ3) is 3.34. The van der Waals surface area contributed by atoms with Crippen molar-refractivity contribution >= 4 is 17.5 Å². The molecule has 0 aliphatic carbocycles. The number of rotatable bonds is 4. The molecule has 0 aliphatic rings. The topological polar surface area (TPSA) is 53.4 Å². The number of amides is 1. The zero-order valence-corrected chi connectivity index (χ0v) is 12.7. The Morgan fingerprint density at radius 1 is 1.43 bits per heavy atom. The Bertz CT molecular complexity index is 646. The smallest absolute Gasteiger partial charge is 0.255 e. The van der Waals surface area contributed by atoms with Crippen LogP contribution in [0.3, 0.4) is 0 Å². The van der Waals surface area contributed by atoms with E-state index in [0.717, 1.165) is 5.56 Å². The fourth-order valence-electron chi connectivity index (χ4n) is 2.26. The first-order chi connectivity index (χ1) is 10.0. The fraction of sp³-hybridized carbons (Fsp3) is 0.250. The Kier molecular flexibility index (Phi) is 4.81. The number of nitrogens with zero attached hydrogens (tertiary/aromatic N) is 2. The number of halogens is 1. The summed E-state index contributed by atoms with van der Waals surface area (Å²) < 4.78 is 0. The number of aromatic hydroxyl groups is 1. The summed E-state index contributed by atoms with van der Waals surface area (Å²) in [6.45, 7) is 4.37. The van der Waals surface area contributed by atoms with Crippen molar-refractivity contribution in [2.24, 2.45) is 0 Å². The second kappa shape index (κ2) is 6.59. The second-order valence-electron chi connectivity index (χ2n) is 4.72. The minimum atomic E-state index is -0.168. The highest BCUT2D eigenvalue weighted by Gasteiger charge is 2.23. The van der Waals surface area contributed by atoms with Crippen LogP contribution < -0.4 is 0 Å². The lowest BCUT2D eigenvalue weighted by atomic mass is 10.1.